The lowest BCUT2D eigenvalue weighted by atomic mass is 9.78. The van der Waals surface area contributed by atoms with Gasteiger partial charge < -0.3 is 14.6 Å². The smallest absolute Gasteiger partial charge is 0.311 e. The summed E-state index contributed by atoms with van der Waals surface area (Å²) in [4.78, 5) is 35.6. The molecule has 6 unspecified atom stereocenters. The molecule has 6 nitrogen and oxygen atoms in total. The third kappa shape index (κ3) is 1.88. The van der Waals surface area contributed by atoms with Crippen LogP contribution in [0.15, 0.2) is 0 Å². The van der Waals surface area contributed by atoms with E-state index in [2.05, 4.69) is 0 Å². The lowest BCUT2D eigenvalue weighted by Gasteiger charge is -2.32. The maximum atomic E-state index is 12.3. The molecule has 0 spiro atoms. The second-order valence-corrected chi connectivity index (χ2v) is 6.96. The minimum atomic E-state index is -0.999. The van der Waals surface area contributed by atoms with E-state index in [1.54, 1.807) is 13.8 Å². The summed E-state index contributed by atoms with van der Waals surface area (Å²) in [6, 6.07) is 0. The molecule has 1 aliphatic heterocycles. The zero-order valence-corrected chi connectivity index (χ0v) is 12.4. The monoisotopic (exact) mass is 296 g/mol. The van der Waals surface area contributed by atoms with Crippen LogP contribution in [-0.4, -0.2) is 35.2 Å². The number of rotatable bonds is 4. The SMILES string of the molecule is CCC(C)(C)C(=O)OC1C2CC3C1OC(=O)C3C2C(=O)O. The van der Waals surface area contributed by atoms with Crippen LogP contribution in [0.2, 0.25) is 0 Å². The summed E-state index contributed by atoms with van der Waals surface area (Å²) in [6.07, 6.45) is 0.141. The molecule has 0 radical (unpaired) electrons. The van der Waals surface area contributed by atoms with Gasteiger partial charge in [0.1, 0.15) is 12.2 Å². The standard InChI is InChI=1S/C15H20O6/c1-4-15(2,3)14(19)21-11-6-5-7-9(8(6)12(16)17)13(18)20-10(7)11/h6-11H,4-5H2,1-3H3,(H,16,17). The molecule has 6 heteroatoms. The number of carboxylic acids is 1. The number of carboxylic acid groups (broad SMARTS) is 1. The lowest BCUT2D eigenvalue weighted by Crippen LogP contribution is -2.44. The summed E-state index contributed by atoms with van der Waals surface area (Å²) in [5.74, 6) is -3.59. The van der Waals surface area contributed by atoms with E-state index in [9.17, 15) is 19.5 Å². The highest BCUT2D eigenvalue weighted by atomic mass is 16.6. The molecule has 0 aromatic carbocycles. The van der Waals surface area contributed by atoms with E-state index in [0.29, 0.717) is 12.8 Å². The first-order chi connectivity index (χ1) is 9.77. The molecule has 2 bridgehead atoms. The fourth-order valence-electron chi connectivity index (χ4n) is 3.91. The highest BCUT2D eigenvalue weighted by Gasteiger charge is 2.70. The van der Waals surface area contributed by atoms with E-state index in [4.69, 9.17) is 9.47 Å². The minimum Gasteiger partial charge on any atom is -0.481 e. The number of esters is 2. The third-order valence-corrected chi connectivity index (χ3v) is 5.51. The zero-order valence-electron chi connectivity index (χ0n) is 12.4. The second-order valence-electron chi connectivity index (χ2n) is 6.96. The van der Waals surface area contributed by atoms with E-state index in [-0.39, 0.29) is 17.8 Å². The molecule has 1 heterocycles. The Hall–Kier alpha value is -1.59. The molecule has 6 atom stereocenters. The quantitative estimate of drug-likeness (QED) is 0.785. The van der Waals surface area contributed by atoms with Gasteiger partial charge in [-0.1, -0.05) is 6.92 Å². The molecular weight excluding hydrogens is 276 g/mol. The van der Waals surface area contributed by atoms with Crippen LogP contribution in [0.5, 0.6) is 0 Å². The topological polar surface area (TPSA) is 89.9 Å². The number of hydrogen-bond donors (Lipinski definition) is 1. The summed E-state index contributed by atoms with van der Waals surface area (Å²) >= 11 is 0. The van der Waals surface area contributed by atoms with Crippen molar-refractivity contribution in [1.29, 1.82) is 0 Å². The predicted molar refractivity (Wildman–Crippen MR) is 70.0 cm³/mol. The van der Waals surface area contributed by atoms with Gasteiger partial charge in [0.05, 0.1) is 17.3 Å². The van der Waals surface area contributed by atoms with Crippen molar-refractivity contribution in [2.24, 2.45) is 29.1 Å². The molecule has 0 aromatic rings. The van der Waals surface area contributed by atoms with Crippen LogP contribution in [0.25, 0.3) is 0 Å². The summed E-state index contributed by atoms with van der Waals surface area (Å²) in [5.41, 5.74) is -0.622. The van der Waals surface area contributed by atoms with Gasteiger partial charge in [-0.05, 0) is 26.7 Å². The van der Waals surface area contributed by atoms with Gasteiger partial charge in [0.25, 0.3) is 0 Å². The molecule has 116 valence electrons. The fourth-order valence-corrected chi connectivity index (χ4v) is 3.91. The number of aliphatic carboxylic acids is 1. The molecule has 21 heavy (non-hydrogen) atoms. The molecule has 0 aromatic heterocycles. The predicted octanol–water partition coefficient (Wildman–Crippen LogP) is 1.23. The van der Waals surface area contributed by atoms with E-state index >= 15 is 0 Å². The van der Waals surface area contributed by atoms with Crippen molar-refractivity contribution >= 4 is 17.9 Å². The Morgan fingerprint density at radius 2 is 2.05 bits per heavy atom. The molecule has 3 rings (SSSR count). The van der Waals surface area contributed by atoms with Gasteiger partial charge in [0, 0.05) is 11.8 Å². The first-order valence-corrected chi connectivity index (χ1v) is 7.42. The number of ether oxygens (including phenoxy) is 2. The summed E-state index contributed by atoms with van der Waals surface area (Å²) in [5, 5.41) is 9.38. The van der Waals surface area contributed by atoms with Crippen LogP contribution in [0, 0.1) is 29.1 Å². The fraction of sp³-hybridized carbons (Fsp3) is 0.800. The van der Waals surface area contributed by atoms with Crippen molar-refractivity contribution in [1.82, 2.24) is 0 Å². The largest absolute Gasteiger partial charge is 0.481 e. The molecule has 2 saturated carbocycles. The van der Waals surface area contributed by atoms with Gasteiger partial charge in [-0.15, -0.1) is 0 Å². The molecule has 1 N–H and O–H groups in total. The Bertz CT molecular complexity index is 510. The van der Waals surface area contributed by atoms with E-state index in [0.717, 1.165) is 0 Å². The zero-order chi connectivity index (χ0) is 15.5. The van der Waals surface area contributed by atoms with Crippen molar-refractivity contribution in [3.05, 3.63) is 0 Å². The van der Waals surface area contributed by atoms with Gasteiger partial charge in [0.2, 0.25) is 0 Å². The normalized spacial score (nSPS) is 40.2. The molecular formula is C15H20O6. The molecule has 0 amide bonds. The van der Waals surface area contributed by atoms with Gasteiger partial charge in [-0.3, -0.25) is 14.4 Å². The van der Waals surface area contributed by atoms with E-state index in [1.165, 1.54) is 0 Å². The Labute approximate surface area is 122 Å². The minimum absolute atomic E-state index is 0.119. The molecule has 2 aliphatic carbocycles. The third-order valence-electron chi connectivity index (χ3n) is 5.51. The average molecular weight is 296 g/mol. The maximum absolute atomic E-state index is 12.3. The Morgan fingerprint density at radius 3 is 2.62 bits per heavy atom. The van der Waals surface area contributed by atoms with Crippen molar-refractivity contribution in [2.75, 3.05) is 0 Å². The molecule has 1 saturated heterocycles. The average Bonchev–Trinajstić information content (AvgIpc) is 3.01. The van der Waals surface area contributed by atoms with Gasteiger partial charge >= 0.3 is 17.9 Å². The second kappa shape index (κ2) is 4.45. The van der Waals surface area contributed by atoms with Crippen molar-refractivity contribution in [2.45, 2.75) is 45.8 Å². The van der Waals surface area contributed by atoms with Gasteiger partial charge in [-0.2, -0.15) is 0 Å². The first kappa shape index (κ1) is 14.4. The van der Waals surface area contributed by atoms with Crippen LogP contribution in [-0.2, 0) is 23.9 Å². The molecule has 3 fully saturated rings. The number of carbonyl (C=O) groups is 3. The van der Waals surface area contributed by atoms with Gasteiger partial charge in [-0.25, -0.2) is 0 Å². The highest BCUT2D eigenvalue weighted by molar-refractivity contribution is 5.85. The Morgan fingerprint density at radius 1 is 1.38 bits per heavy atom. The van der Waals surface area contributed by atoms with Gasteiger partial charge in [0.15, 0.2) is 0 Å². The first-order valence-electron chi connectivity index (χ1n) is 7.42. The van der Waals surface area contributed by atoms with Crippen molar-refractivity contribution in [3.8, 4) is 0 Å². The number of fused-ring (bicyclic) bond motifs is 1. The van der Waals surface area contributed by atoms with E-state index < -0.39 is 41.4 Å². The van der Waals surface area contributed by atoms with Crippen molar-refractivity contribution < 1.29 is 29.0 Å². The van der Waals surface area contributed by atoms with E-state index in [1.807, 2.05) is 6.92 Å². The Kier molecular flexibility index (Phi) is 3.04. The summed E-state index contributed by atoms with van der Waals surface area (Å²) in [7, 11) is 0. The van der Waals surface area contributed by atoms with Crippen LogP contribution in [0.1, 0.15) is 33.6 Å². The van der Waals surface area contributed by atoms with Crippen LogP contribution in [0.4, 0.5) is 0 Å². The highest BCUT2D eigenvalue weighted by Crippen LogP contribution is 2.58. The number of hydrogen-bond acceptors (Lipinski definition) is 5. The number of carbonyl (C=O) groups excluding carboxylic acids is 2. The van der Waals surface area contributed by atoms with Crippen LogP contribution >= 0.6 is 0 Å². The summed E-state index contributed by atoms with van der Waals surface area (Å²) < 4.78 is 10.9. The van der Waals surface area contributed by atoms with Crippen LogP contribution < -0.4 is 0 Å². The molecule has 3 aliphatic rings. The maximum Gasteiger partial charge on any atom is 0.311 e. The lowest BCUT2D eigenvalue weighted by molar-refractivity contribution is -0.173. The Balaban J connectivity index is 1.84. The van der Waals surface area contributed by atoms with Crippen molar-refractivity contribution in [3.63, 3.8) is 0 Å². The van der Waals surface area contributed by atoms with Crippen LogP contribution in [0.3, 0.4) is 0 Å². The summed E-state index contributed by atoms with van der Waals surface area (Å²) in [6.45, 7) is 5.48.